The second-order valence-electron chi connectivity index (χ2n) is 4.89. The highest BCUT2D eigenvalue weighted by molar-refractivity contribution is 6.33. The fourth-order valence-corrected chi connectivity index (χ4v) is 2.87. The van der Waals surface area contributed by atoms with Crippen molar-refractivity contribution >= 4 is 23.2 Å². The van der Waals surface area contributed by atoms with Crippen molar-refractivity contribution < 1.29 is 0 Å². The maximum atomic E-state index is 6.36. The first-order chi connectivity index (χ1) is 9.16. The van der Waals surface area contributed by atoms with Crippen LogP contribution < -0.4 is 5.73 Å². The Morgan fingerprint density at radius 2 is 2.00 bits per heavy atom. The summed E-state index contributed by atoms with van der Waals surface area (Å²) in [5.41, 5.74) is 8.50. The topological polar surface area (TPSA) is 51.8 Å². The van der Waals surface area contributed by atoms with Crippen LogP contribution in [0.3, 0.4) is 0 Å². The number of rotatable bonds is 3. The van der Waals surface area contributed by atoms with Crippen LogP contribution in [0, 0.1) is 0 Å². The van der Waals surface area contributed by atoms with E-state index in [0.29, 0.717) is 16.6 Å². The van der Waals surface area contributed by atoms with Crippen LogP contribution in [0.15, 0.2) is 30.7 Å². The van der Waals surface area contributed by atoms with Gasteiger partial charge in [-0.2, -0.15) is 0 Å². The molecule has 5 heteroatoms. The Morgan fingerprint density at radius 3 is 2.58 bits per heavy atom. The molecule has 0 aliphatic heterocycles. The zero-order valence-corrected chi connectivity index (χ0v) is 11.7. The van der Waals surface area contributed by atoms with Crippen LogP contribution in [0.2, 0.25) is 10.0 Å². The van der Waals surface area contributed by atoms with E-state index in [9.17, 15) is 0 Å². The largest absolute Gasteiger partial charge is 0.330 e. The molecule has 1 fully saturated rings. The molecule has 19 heavy (non-hydrogen) atoms. The lowest BCUT2D eigenvalue weighted by Crippen LogP contribution is -2.21. The van der Waals surface area contributed by atoms with E-state index in [1.807, 2.05) is 12.1 Å². The summed E-state index contributed by atoms with van der Waals surface area (Å²) in [6.45, 7) is 0.592. The molecule has 0 atom stereocenters. The Bertz CT molecular complexity index is 624. The summed E-state index contributed by atoms with van der Waals surface area (Å²) < 4.78 is 0. The van der Waals surface area contributed by atoms with Crippen LogP contribution in [0.5, 0.6) is 0 Å². The van der Waals surface area contributed by atoms with E-state index in [1.54, 1.807) is 18.6 Å². The average Bonchev–Trinajstić information content (AvgIpc) is 3.20. The molecule has 2 aromatic rings. The molecule has 0 unspecified atom stereocenters. The van der Waals surface area contributed by atoms with Gasteiger partial charge >= 0.3 is 0 Å². The molecule has 1 aliphatic rings. The molecule has 3 nitrogen and oxygen atoms in total. The van der Waals surface area contributed by atoms with Crippen LogP contribution in [0.1, 0.15) is 18.5 Å². The Kier molecular flexibility index (Phi) is 3.21. The van der Waals surface area contributed by atoms with Crippen molar-refractivity contribution in [2.45, 2.75) is 18.3 Å². The fraction of sp³-hybridized carbons (Fsp3) is 0.286. The van der Waals surface area contributed by atoms with Crippen LogP contribution in [0.25, 0.3) is 11.1 Å². The van der Waals surface area contributed by atoms with Crippen molar-refractivity contribution in [3.05, 3.63) is 46.5 Å². The molecule has 3 rings (SSSR count). The molecule has 2 heterocycles. The second-order valence-corrected chi connectivity index (χ2v) is 5.71. The minimum Gasteiger partial charge on any atom is -0.330 e. The van der Waals surface area contributed by atoms with Crippen LogP contribution in [-0.4, -0.2) is 16.5 Å². The lowest BCUT2D eigenvalue weighted by atomic mass is 10.0. The minimum atomic E-state index is -0.00233. The van der Waals surface area contributed by atoms with E-state index in [4.69, 9.17) is 28.9 Å². The molecular formula is C14H13Cl2N3. The number of hydrogen-bond donors (Lipinski definition) is 1. The molecule has 0 aromatic carbocycles. The Labute approximate surface area is 121 Å². The van der Waals surface area contributed by atoms with Crippen molar-refractivity contribution in [3.63, 3.8) is 0 Å². The van der Waals surface area contributed by atoms with Gasteiger partial charge in [-0.1, -0.05) is 23.2 Å². The number of nitrogens with zero attached hydrogens (tertiary/aromatic N) is 2. The molecule has 1 saturated carbocycles. The highest BCUT2D eigenvalue weighted by atomic mass is 35.5. The van der Waals surface area contributed by atoms with Gasteiger partial charge < -0.3 is 5.73 Å². The third-order valence-electron chi connectivity index (χ3n) is 3.67. The summed E-state index contributed by atoms with van der Waals surface area (Å²) >= 11 is 12.5. The monoisotopic (exact) mass is 293 g/mol. The third-order valence-corrected chi connectivity index (χ3v) is 4.26. The predicted molar refractivity (Wildman–Crippen MR) is 77.5 cm³/mol. The SMILES string of the molecule is NCC1(c2ncc(-c3ccncc3Cl)cc2Cl)CC1. The van der Waals surface area contributed by atoms with E-state index in [2.05, 4.69) is 9.97 Å². The second kappa shape index (κ2) is 4.75. The molecule has 2 aromatic heterocycles. The maximum absolute atomic E-state index is 6.36. The zero-order chi connectivity index (χ0) is 13.5. The van der Waals surface area contributed by atoms with Crippen LogP contribution in [0.4, 0.5) is 0 Å². The van der Waals surface area contributed by atoms with Crippen LogP contribution >= 0.6 is 23.2 Å². The number of halogens is 2. The van der Waals surface area contributed by atoms with Crippen molar-refractivity contribution in [3.8, 4) is 11.1 Å². The van der Waals surface area contributed by atoms with Crippen LogP contribution in [-0.2, 0) is 5.41 Å². The fourth-order valence-electron chi connectivity index (χ4n) is 2.27. The van der Waals surface area contributed by atoms with Gasteiger partial charge in [0.2, 0.25) is 0 Å². The van der Waals surface area contributed by atoms with Gasteiger partial charge in [0.05, 0.1) is 15.7 Å². The smallest absolute Gasteiger partial charge is 0.0668 e. The number of nitrogens with two attached hydrogens (primary N) is 1. The quantitative estimate of drug-likeness (QED) is 0.943. The highest BCUT2D eigenvalue weighted by Gasteiger charge is 2.45. The van der Waals surface area contributed by atoms with Crippen molar-refractivity contribution in [1.82, 2.24) is 9.97 Å². The summed E-state index contributed by atoms with van der Waals surface area (Å²) in [7, 11) is 0. The number of hydrogen-bond acceptors (Lipinski definition) is 3. The third kappa shape index (κ3) is 2.22. The van der Waals surface area contributed by atoms with Gasteiger partial charge in [0.15, 0.2) is 0 Å². The molecular weight excluding hydrogens is 281 g/mol. The van der Waals surface area contributed by atoms with Gasteiger partial charge in [0, 0.05) is 41.7 Å². The highest BCUT2D eigenvalue weighted by Crippen LogP contribution is 2.49. The van der Waals surface area contributed by atoms with E-state index < -0.39 is 0 Å². The maximum Gasteiger partial charge on any atom is 0.0668 e. The Hall–Kier alpha value is -1.16. The van der Waals surface area contributed by atoms with Crippen molar-refractivity contribution in [2.24, 2.45) is 5.73 Å². The predicted octanol–water partition coefficient (Wildman–Crippen LogP) is 3.44. The number of aromatic nitrogens is 2. The van der Waals surface area contributed by atoms with Crippen molar-refractivity contribution in [1.29, 1.82) is 0 Å². The first-order valence-electron chi connectivity index (χ1n) is 6.12. The molecule has 0 bridgehead atoms. The van der Waals surface area contributed by atoms with Gasteiger partial charge in [-0.3, -0.25) is 9.97 Å². The molecule has 98 valence electrons. The summed E-state index contributed by atoms with van der Waals surface area (Å²) in [5, 5.41) is 1.25. The van der Waals surface area contributed by atoms with E-state index in [0.717, 1.165) is 29.7 Å². The van der Waals surface area contributed by atoms with Gasteiger partial charge in [0.1, 0.15) is 0 Å². The first kappa shape index (κ1) is 12.9. The first-order valence-corrected chi connectivity index (χ1v) is 6.88. The summed E-state index contributed by atoms with van der Waals surface area (Å²) in [6.07, 6.45) is 7.24. The van der Waals surface area contributed by atoms with Gasteiger partial charge in [-0.05, 0) is 25.0 Å². The molecule has 0 spiro atoms. The Balaban J connectivity index is 2.03. The van der Waals surface area contributed by atoms with Gasteiger partial charge in [-0.25, -0.2) is 0 Å². The zero-order valence-electron chi connectivity index (χ0n) is 10.2. The molecule has 0 amide bonds. The average molecular weight is 294 g/mol. The molecule has 0 radical (unpaired) electrons. The van der Waals surface area contributed by atoms with Crippen molar-refractivity contribution in [2.75, 3.05) is 6.54 Å². The van der Waals surface area contributed by atoms with E-state index in [1.165, 1.54) is 0 Å². The molecule has 0 saturated heterocycles. The summed E-state index contributed by atoms with van der Waals surface area (Å²) in [4.78, 5) is 8.48. The minimum absolute atomic E-state index is 0.00233. The van der Waals surface area contributed by atoms with E-state index >= 15 is 0 Å². The molecule has 1 aliphatic carbocycles. The summed E-state index contributed by atoms with van der Waals surface area (Å²) in [5.74, 6) is 0. The summed E-state index contributed by atoms with van der Waals surface area (Å²) in [6, 6.07) is 3.76. The lowest BCUT2D eigenvalue weighted by Gasteiger charge is -2.14. The lowest BCUT2D eigenvalue weighted by molar-refractivity contribution is 0.679. The normalized spacial score (nSPS) is 16.4. The number of pyridine rings is 2. The Morgan fingerprint density at radius 1 is 1.21 bits per heavy atom. The van der Waals surface area contributed by atoms with Gasteiger partial charge in [-0.15, -0.1) is 0 Å². The standard InChI is InChI=1S/C14H13Cl2N3/c15-11-5-9(10-1-4-18-7-12(10)16)6-19-13(11)14(8-17)2-3-14/h1,4-7H,2-3,8,17H2. The molecule has 2 N–H and O–H groups in total. The van der Waals surface area contributed by atoms with E-state index in [-0.39, 0.29) is 5.41 Å². The van der Waals surface area contributed by atoms with Gasteiger partial charge in [0.25, 0.3) is 0 Å².